The third kappa shape index (κ3) is 2.14. The smallest absolute Gasteiger partial charge is 0.248 e. The Labute approximate surface area is 95.2 Å². The van der Waals surface area contributed by atoms with Crippen molar-refractivity contribution in [2.45, 2.75) is 6.43 Å². The van der Waals surface area contributed by atoms with Gasteiger partial charge in [-0.15, -0.1) is 0 Å². The SMILES string of the molecule is N#Cc1cnc(I)c(Br)c1C(F)F. The Hall–Kier alpha value is -0.290. The van der Waals surface area contributed by atoms with E-state index in [0.717, 1.165) is 6.20 Å². The molecule has 0 aromatic carbocycles. The fourth-order valence-corrected chi connectivity index (χ4v) is 1.70. The molecule has 0 atom stereocenters. The van der Waals surface area contributed by atoms with E-state index in [2.05, 4.69) is 20.9 Å². The van der Waals surface area contributed by atoms with Gasteiger partial charge in [0.1, 0.15) is 9.77 Å². The number of rotatable bonds is 1. The summed E-state index contributed by atoms with van der Waals surface area (Å²) >= 11 is 4.79. The molecule has 0 N–H and O–H groups in total. The molecule has 1 aromatic rings. The summed E-state index contributed by atoms with van der Waals surface area (Å²) in [5.41, 5.74) is -0.385. The van der Waals surface area contributed by atoms with Gasteiger partial charge in [0.25, 0.3) is 6.43 Å². The lowest BCUT2D eigenvalue weighted by Gasteiger charge is -2.05. The molecular weight excluding hydrogens is 357 g/mol. The molecule has 0 saturated heterocycles. The summed E-state index contributed by atoms with van der Waals surface area (Å²) in [6, 6.07) is 1.67. The molecule has 6 heteroatoms. The van der Waals surface area contributed by atoms with Crippen LogP contribution in [0.2, 0.25) is 0 Å². The molecule has 0 aliphatic heterocycles. The Morgan fingerprint density at radius 2 is 2.23 bits per heavy atom. The summed E-state index contributed by atoms with van der Waals surface area (Å²) in [5, 5.41) is 8.54. The van der Waals surface area contributed by atoms with Crippen molar-refractivity contribution in [2.75, 3.05) is 0 Å². The van der Waals surface area contributed by atoms with Crippen molar-refractivity contribution in [3.63, 3.8) is 0 Å². The topological polar surface area (TPSA) is 36.7 Å². The first kappa shape index (κ1) is 10.8. The number of nitriles is 1. The molecule has 68 valence electrons. The lowest BCUT2D eigenvalue weighted by molar-refractivity contribution is 0.150. The van der Waals surface area contributed by atoms with Gasteiger partial charge < -0.3 is 0 Å². The second kappa shape index (κ2) is 4.28. The number of aromatic nitrogens is 1. The Balaban J connectivity index is 3.43. The minimum Gasteiger partial charge on any atom is -0.248 e. The van der Waals surface area contributed by atoms with Crippen LogP contribution in [-0.2, 0) is 0 Å². The molecule has 0 amide bonds. The molecule has 1 rings (SSSR count). The molecule has 1 aromatic heterocycles. The number of nitrogens with zero attached hydrogens (tertiary/aromatic N) is 2. The van der Waals surface area contributed by atoms with Crippen LogP contribution >= 0.6 is 38.5 Å². The van der Waals surface area contributed by atoms with E-state index in [1.54, 1.807) is 6.07 Å². The maximum atomic E-state index is 12.4. The van der Waals surface area contributed by atoms with Crippen molar-refractivity contribution in [3.05, 3.63) is 25.5 Å². The lowest BCUT2D eigenvalue weighted by Crippen LogP contribution is -1.96. The monoisotopic (exact) mass is 358 g/mol. The van der Waals surface area contributed by atoms with Gasteiger partial charge in [-0.1, -0.05) is 0 Å². The van der Waals surface area contributed by atoms with Gasteiger partial charge in [-0.2, -0.15) is 5.26 Å². The van der Waals surface area contributed by atoms with E-state index in [9.17, 15) is 8.78 Å². The first-order valence-corrected chi connectivity index (χ1v) is 4.97. The highest BCUT2D eigenvalue weighted by Gasteiger charge is 2.19. The van der Waals surface area contributed by atoms with E-state index in [1.807, 2.05) is 22.6 Å². The number of alkyl halides is 2. The minimum absolute atomic E-state index is 0.0951. The molecule has 0 aliphatic carbocycles. The van der Waals surface area contributed by atoms with Crippen LogP contribution in [0.3, 0.4) is 0 Å². The van der Waals surface area contributed by atoms with Crippen LogP contribution < -0.4 is 0 Å². The fraction of sp³-hybridized carbons (Fsp3) is 0.143. The quantitative estimate of drug-likeness (QED) is 0.570. The first-order chi connectivity index (χ1) is 6.07. The highest BCUT2D eigenvalue weighted by atomic mass is 127. The van der Waals surface area contributed by atoms with E-state index < -0.39 is 6.43 Å². The van der Waals surface area contributed by atoms with Crippen LogP contribution in [0.5, 0.6) is 0 Å². The molecule has 2 nitrogen and oxygen atoms in total. The zero-order valence-corrected chi connectivity index (χ0v) is 9.80. The molecule has 13 heavy (non-hydrogen) atoms. The Kier molecular flexibility index (Phi) is 3.55. The lowest BCUT2D eigenvalue weighted by atomic mass is 10.2. The largest absolute Gasteiger partial charge is 0.266 e. The Bertz CT molecular complexity index is 375. The molecule has 0 aliphatic rings. The van der Waals surface area contributed by atoms with Gasteiger partial charge in [0, 0.05) is 6.20 Å². The summed E-state index contributed by atoms with van der Waals surface area (Å²) in [6.45, 7) is 0. The van der Waals surface area contributed by atoms with Crippen molar-refractivity contribution in [1.82, 2.24) is 4.98 Å². The number of pyridine rings is 1. The van der Waals surface area contributed by atoms with E-state index >= 15 is 0 Å². The average molecular weight is 359 g/mol. The van der Waals surface area contributed by atoms with Gasteiger partial charge in [-0.25, -0.2) is 13.8 Å². The third-order valence-corrected chi connectivity index (χ3v) is 3.72. The van der Waals surface area contributed by atoms with Gasteiger partial charge in [0.15, 0.2) is 0 Å². The maximum Gasteiger partial charge on any atom is 0.266 e. The minimum atomic E-state index is -2.67. The van der Waals surface area contributed by atoms with Crippen molar-refractivity contribution < 1.29 is 8.78 Å². The van der Waals surface area contributed by atoms with Crippen molar-refractivity contribution in [3.8, 4) is 6.07 Å². The standard InChI is InChI=1S/C7H2BrF2IN2/c8-5-4(6(9)10)3(1-12)2-13-7(5)11/h2,6H. The summed E-state index contributed by atoms with van der Waals surface area (Å²) in [5.74, 6) is 0. The van der Waals surface area contributed by atoms with Crippen molar-refractivity contribution in [1.29, 1.82) is 5.26 Å². The summed E-state index contributed by atoms with van der Waals surface area (Å²) in [4.78, 5) is 3.78. The van der Waals surface area contributed by atoms with Gasteiger partial charge in [0.05, 0.1) is 15.6 Å². The van der Waals surface area contributed by atoms with Crippen LogP contribution in [0, 0.1) is 15.0 Å². The van der Waals surface area contributed by atoms with E-state index in [0.29, 0.717) is 3.70 Å². The zero-order chi connectivity index (χ0) is 10.0. The predicted octanol–water partition coefficient (Wildman–Crippen LogP) is 3.26. The number of hydrogen-bond acceptors (Lipinski definition) is 2. The summed E-state index contributed by atoms with van der Waals surface area (Å²) < 4.78 is 25.5. The second-order valence-corrected chi connectivity index (χ2v) is 3.92. The molecule has 0 saturated carbocycles. The molecule has 0 spiro atoms. The van der Waals surface area contributed by atoms with Crippen LogP contribution in [0.15, 0.2) is 10.7 Å². The van der Waals surface area contributed by atoms with E-state index in [1.165, 1.54) is 0 Å². The normalized spacial score (nSPS) is 10.2. The fourth-order valence-electron chi connectivity index (χ4n) is 0.779. The molecular formula is C7H2BrF2IN2. The van der Waals surface area contributed by atoms with Crippen LogP contribution in [0.25, 0.3) is 0 Å². The third-order valence-electron chi connectivity index (χ3n) is 1.35. The van der Waals surface area contributed by atoms with Gasteiger partial charge in [-0.05, 0) is 38.5 Å². The summed E-state index contributed by atoms with van der Waals surface area (Å²) in [7, 11) is 0. The highest BCUT2D eigenvalue weighted by Crippen LogP contribution is 2.32. The van der Waals surface area contributed by atoms with Crippen LogP contribution in [0.4, 0.5) is 8.78 Å². The van der Waals surface area contributed by atoms with Crippen LogP contribution in [-0.4, -0.2) is 4.98 Å². The van der Waals surface area contributed by atoms with Gasteiger partial charge >= 0.3 is 0 Å². The highest BCUT2D eigenvalue weighted by molar-refractivity contribution is 14.1. The predicted molar refractivity (Wildman–Crippen MR) is 54.3 cm³/mol. The molecule has 1 heterocycles. The van der Waals surface area contributed by atoms with E-state index in [-0.39, 0.29) is 15.6 Å². The maximum absolute atomic E-state index is 12.4. The van der Waals surface area contributed by atoms with Gasteiger partial charge in [-0.3, -0.25) is 0 Å². The molecule has 0 bridgehead atoms. The van der Waals surface area contributed by atoms with Crippen molar-refractivity contribution >= 4 is 38.5 Å². The number of halogens is 4. The molecule has 0 fully saturated rings. The van der Waals surface area contributed by atoms with Gasteiger partial charge in [0.2, 0.25) is 0 Å². The Morgan fingerprint density at radius 3 is 2.69 bits per heavy atom. The van der Waals surface area contributed by atoms with E-state index in [4.69, 9.17) is 5.26 Å². The molecule has 0 radical (unpaired) electrons. The number of hydrogen-bond donors (Lipinski definition) is 0. The second-order valence-electron chi connectivity index (χ2n) is 2.10. The van der Waals surface area contributed by atoms with Crippen molar-refractivity contribution in [2.24, 2.45) is 0 Å². The zero-order valence-electron chi connectivity index (χ0n) is 6.06. The average Bonchev–Trinajstić information content (AvgIpc) is 2.08. The Morgan fingerprint density at radius 1 is 1.62 bits per heavy atom. The molecule has 0 unspecified atom stereocenters. The summed E-state index contributed by atoms with van der Waals surface area (Å²) in [6.07, 6.45) is -1.52. The first-order valence-electron chi connectivity index (χ1n) is 3.10. The van der Waals surface area contributed by atoms with Crippen LogP contribution in [0.1, 0.15) is 17.6 Å².